The molecular weight excluding hydrogens is 534 g/mol. The molecule has 0 bridgehead atoms. The van der Waals surface area contributed by atoms with Gasteiger partial charge in [0.05, 0.1) is 11.8 Å². The zero-order chi connectivity index (χ0) is 29.3. The van der Waals surface area contributed by atoms with Crippen LogP contribution in [0.25, 0.3) is 10.7 Å². The summed E-state index contributed by atoms with van der Waals surface area (Å²) < 4.78 is 15.8. The number of carbonyl (C=O) groups is 1. The molecule has 0 radical (unpaired) electrons. The van der Waals surface area contributed by atoms with Gasteiger partial charge in [-0.25, -0.2) is 5.43 Å². The average molecular weight is 566 g/mol. The fourth-order valence-electron chi connectivity index (χ4n) is 4.84. The van der Waals surface area contributed by atoms with Gasteiger partial charge in [0.1, 0.15) is 29.2 Å². The fourth-order valence-corrected chi connectivity index (χ4v) is 6.06. The van der Waals surface area contributed by atoms with E-state index in [1.807, 2.05) is 58.0 Å². The van der Waals surface area contributed by atoms with Crippen molar-refractivity contribution in [3.05, 3.63) is 110 Å². The Labute approximate surface area is 243 Å². The van der Waals surface area contributed by atoms with Crippen LogP contribution < -0.4 is 10.2 Å². The molecule has 4 aromatic heterocycles. The number of ether oxygens (including phenoxy) is 1. The van der Waals surface area contributed by atoms with E-state index in [0.29, 0.717) is 17.1 Å². The lowest BCUT2D eigenvalue weighted by Gasteiger charge is -2.10. The van der Waals surface area contributed by atoms with Crippen molar-refractivity contribution >= 4 is 23.5 Å². The number of aryl methyl sites for hydroxylation is 4. The molecule has 0 saturated carbocycles. The highest BCUT2D eigenvalue weighted by atomic mass is 32.1. The maximum absolute atomic E-state index is 12.6. The first-order valence-electron chi connectivity index (χ1n) is 13.2. The summed E-state index contributed by atoms with van der Waals surface area (Å²) in [5, 5.41) is 14.7. The van der Waals surface area contributed by atoms with Crippen molar-refractivity contribution < 1.29 is 13.9 Å². The number of hydrogen-bond donors (Lipinski definition) is 1. The lowest BCUT2D eigenvalue weighted by Crippen LogP contribution is -2.16. The molecule has 1 aromatic carbocycles. The molecule has 0 spiro atoms. The fraction of sp³-hybridized carbons (Fsp3) is 0.219. The number of nitrogens with one attached hydrogen (secondary N) is 1. The minimum atomic E-state index is -0.459. The van der Waals surface area contributed by atoms with Crippen molar-refractivity contribution in [3.8, 4) is 22.5 Å². The Morgan fingerprint density at radius 2 is 1.71 bits per heavy atom. The van der Waals surface area contributed by atoms with Gasteiger partial charge in [0.25, 0.3) is 0 Å². The molecule has 4 heterocycles. The van der Waals surface area contributed by atoms with Gasteiger partial charge in [0.2, 0.25) is 0 Å². The molecule has 0 fully saturated rings. The number of hydrazone groups is 1. The Hall–Kier alpha value is -4.81. The van der Waals surface area contributed by atoms with Crippen molar-refractivity contribution in [2.75, 3.05) is 0 Å². The summed E-state index contributed by atoms with van der Waals surface area (Å²) in [6, 6.07) is 19.7. The van der Waals surface area contributed by atoms with Gasteiger partial charge < -0.3 is 18.3 Å². The summed E-state index contributed by atoms with van der Waals surface area (Å²) in [5.74, 6) is 0.914. The normalized spacial score (nSPS) is 11.2. The first-order valence-corrected chi connectivity index (χ1v) is 14.0. The topological polar surface area (TPSA) is 97.5 Å². The van der Waals surface area contributed by atoms with Crippen LogP contribution >= 0.6 is 11.3 Å². The second-order valence-electron chi connectivity index (χ2n) is 9.94. The van der Waals surface area contributed by atoms with E-state index >= 15 is 0 Å². The molecule has 8 nitrogen and oxygen atoms in total. The third kappa shape index (κ3) is 5.47. The molecule has 9 heteroatoms. The lowest BCUT2D eigenvalue weighted by molar-refractivity contribution is 0.0923. The molecule has 208 valence electrons. The van der Waals surface area contributed by atoms with Gasteiger partial charge in [0.15, 0.2) is 5.76 Å². The second-order valence-corrected chi connectivity index (χ2v) is 11.1. The van der Waals surface area contributed by atoms with Crippen LogP contribution in [-0.2, 0) is 6.61 Å². The van der Waals surface area contributed by atoms with Crippen molar-refractivity contribution in [2.24, 2.45) is 5.10 Å². The second kappa shape index (κ2) is 11.4. The highest BCUT2D eigenvalue weighted by molar-refractivity contribution is 7.14. The first-order chi connectivity index (χ1) is 19.7. The number of rotatable bonds is 8. The predicted octanol–water partition coefficient (Wildman–Crippen LogP) is 6.99. The maximum atomic E-state index is 12.6. The van der Waals surface area contributed by atoms with Gasteiger partial charge in [0, 0.05) is 38.9 Å². The minimum absolute atomic E-state index is 0.142. The highest BCUT2D eigenvalue weighted by Gasteiger charge is 2.18. The molecule has 1 amide bonds. The third-order valence-corrected chi connectivity index (χ3v) is 8.35. The summed E-state index contributed by atoms with van der Waals surface area (Å²) in [4.78, 5) is 13.7. The van der Waals surface area contributed by atoms with Crippen LogP contribution in [0.15, 0.2) is 64.1 Å². The summed E-state index contributed by atoms with van der Waals surface area (Å²) in [5.41, 5.74) is 10.4. The summed E-state index contributed by atoms with van der Waals surface area (Å²) in [6.07, 6.45) is 1.60. The molecule has 0 atom stereocenters. The molecule has 1 N–H and O–H groups in total. The number of benzene rings is 1. The van der Waals surface area contributed by atoms with Crippen LogP contribution in [0.1, 0.15) is 60.7 Å². The molecular formula is C32H31N5O3S. The molecule has 0 aliphatic carbocycles. The maximum Gasteiger partial charge on any atom is 0.307 e. The summed E-state index contributed by atoms with van der Waals surface area (Å²) in [7, 11) is 0. The van der Waals surface area contributed by atoms with E-state index < -0.39 is 5.91 Å². The van der Waals surface area contributed by atoms with Crippen molar-refractivity contribution in [3.63, 3.8) is 0 Å². The molecule has 5 aromatic rings. The van der Waals surface area contributed by atoms with Crippen molar-refractivity contribution in [1.82, 2.24) is 14.6 Å². The van der Waals surface area contributed by atoms with E-state index in [4.69, 9.17) is 9.15 Å². The van der Waals surface area contributed by atoms with Crippen molar-refractivity contribution in [1.29, 1.82) is 5.26 Å². The lowest BCUT2D eigenvalue weighted by atomic mass is 10.2. The van der Waals surface area contributed by atoms with E-state index in [1.54, 1.807) is 29.7 Å². The number of amides is 1. The van der Waals surface area contributed by atoms with Gasteiger partial charge in [-0.05, 0) is 102 Å². The third-order valence-electron chi connectivity index (χ3n) is 7.15. The molecule has 0 aliphatic heterocycles. The van der Waals surface area contributed by atoms with Crippen LogP contribution in [0, 0.1) is 52.9 Å². The predicted molar refractivity (Wildman–Crippen MR) is 161 cm³/mol. The number of nitriles is 1. The molecule has 0 aliphatic rings. The van der Waals surface area contributed by atoms with E-state index in [2.05, 4.69) is 51.7 Å². The number of carbonyl (C=O) groups excluding carboxylic acids is 1. The van der Waals surface area contributed by atoms with Crippen LogP contribution in [0.2, 0.25) is 0 Å². The van der Waals surface area contributed by atoms with Crippen LogP contribution in [0.5, 0.6) is 5.75 Å². The van der Waals surface area contributed by atoms with Gasteiger partial charge in [-0.1, -0.05) is 0 Å². The number of nitrogens with zero attached hydrogens (tertiary/aromatic N) is 4. The van der Waals surface area contributed by atoms with Gasteiger partial charge in [-0.2, -0.15) is 10.4 Å². The van der Waals surface area contributed by atoms with E-state index in [9.17, 15) is 10.1 Å². The number of hydrogen-bond acceptors (Lipinski definition) is 6. The molecule has 0 saturated heterocycles. The van der Waals surface area contributed by atoms with Gasteiger partial charge in [-0.15, -0.1) is 11.3 Å². The minimum Gasteiger partial charge on any atom is -0.486 e. The average Bonchev–Trinajstić information content (AvgIpc) is 3.70. The SMILES string of the molecule is Cc1sc(-n2c(C)cc(/C=N/NC(=O)c3ccc(COc4ccc(-n5c(C)ccc5C)cc4)o3)c2C)c(C#N)c1C. The monoisotopic (exact) mass is 565 g/mol. The first kappa shape index (κ1) is 27.7. The van der Waals surface area contributed by atoms with E-state index in [1.165, 1.54) is 11.4 Å². The Morgan fingerprint density at radius 3 is 2.39 bits per heavy atom. The van der Waals surface area contributed by atoms with Crippen LogP contribution in [0.4, 0.5) is 0 Å². The largest absolute Gasteiger partial charge is 0.486 e. The summed E-state index contributed by atoms with van der Waals surface area (Å²) >= 11 is 1.59. The van der Waals surface area contributed by atoms with Crippen molar-refractivity contribution in [2.45, 2.75) is 48.1 Å². The highest BCUT2D eigenvalue weighted by Crippen LogP contribution is 2.33. The Morgan fingerprint density at radius 1 is 1.00 bits per heavy atom. The number of furan rings is 1. The zero-order valence-corrected chi connectivity index (χ0v) is 24.7. The quantitative estimate of drug-likeness (QED) is 0.162. The molecule has 41 heavy (non-hydrogen) atoms. The molecule has 0 unspecified atom stereocenters. The van der Waals surface area contributed by atoms with Crippen LogP contribution in [0.3, 0.4) is 0 Å². The van der Waals surface area contributed by atoms with Gasteiger partial charge in [-0.3, -0.25) is 4.79 Å². The smallest absolute Gasteiger partial charge is 0.307 e. The summed E-state index contributed by atoms with van der Waals surface area (Å²) in [6.45, 7) is 12.3. The zero-order valence-electron chi connectivity index (χ0n) is 23.9. The number of aromatic nitrogens is 2. The van der Waals surface area contributed by atoms with E-state index in [-0.39, 0.29) is 12.4 Å². The standard InChI is InChI=1S/C32H31N5O3S/c1-19-7-8-20(2)36(19)26-9-11-27(12-10-26)39-18-28-13-14-30(40-28)31(38)35-34-17-25-15-21(3)37(23(25)5)32-29(16-33)22(4)24(6)41-32/h7-15,17H,18H2,1-6H3,(H,35,38)/b34-17+. The Kier molecular flexibility index (Phi) is 7.68. The molecule has 5 rings (SSSR count). The van der Waals surface area contributed by atoms with E-state index in [0.717, 1.165) is 38.1 Å². The Balaban J connectivity index is 1.20. The van der Waals surface area contributed by atoms with Gasteiger partial charge >= 0.3 is 5.91 Å². The number of thiophene rings is 1. The van der Waals surface area contributed by atoms with Crippen LogP contribution in [-0.4, -0.2) is 21.3 Å². The Bertz CT molecular complexity index is 1790.